The zero-order valence-corrected chi connectivity index (χ0v) is 5.93. The standard InChI is InChI=1S/C6H9N3O/c1-4-3-5(7-2)9-6(10)8-4/h3H,1-2H3,(H2,7,8,9,10). The maximum atomic E-state index is 10.7. The van der Waals surface area contributed by atoms with E-state index in [4.69, 9.17) is 0 Å². The summed E-state index contributed by atoms with van der Waals surface area (Å²) in [6, 6.07) is 1.77. The van der Waals surface area contributed by atoms with Gasteiger partial charge in [0, 0.05) is 12.7 Å². The average Bonchev–Trinajstić information content (AvgIpc) is 1.85. The summed E-state index contributed by atoms with van der Waals surface area (Å²) in [5, 5.41) is 2.78. The lowest BCUT2D eigenvalue weighted by molar-refractivity contribution is 1.03. The molecule has 1 aromatic heterocycles. The van der Waals surface area contributed by atoms with Crippen LogP contribution >= 0.6 is 0 Å². The Balaban J connectivity index is 3.19. The normalized spacial score (nSPS) is 9.40. The molecule has 0 aromatic carbocycles. The third kappa shape index (κ3) is 1.34. The van der Waals surface area contributed by atoms with Crippen LogP contribution in [0.5, 0.6) is 0 Å². The predicted molar refractivity (Wildman–Crippen MR) is 39.1 cm³/mol. The van der Waals surface area contributed by atoms with Crippen molar-refractivity contribution in [3.8, 4) is 0 Å². The minimum atomic E-state index is -0.315. The Morgan fingerprint density at radius 3 is 2.90 bits per heavy atom. The number of aromatic amines is 1. The lowest BCUT2D eigenvalue weighted by atomic mass is 10.4. The summed E-state index contributed by atoms with van der Waals surface area (Å²) in [4.78, 5) is 16.8. The van der Waals surface area contributed by atoms with Crippen LogP contribution in [0.3, 0.4) is 0 Å². The van der Waals surface area contributed by atoms with Crippen LogP contribution in [-0.4, -0.2) is 17.0 Å². The second-order valence-corrected chi connectivity index (χ2v) is 2.00. The first-order valence-electron chi connectivity index (χ1n) is 2.98. The van der Waals surface area contributed by atoms with E-state index in [1.165, 1.54) is 0 Å². The molecule has 10 heavy (non-hydrogen) atoms. The Morgan fingerprint density at radius 2 is 2.40 bits per heavy atom. The second kappa shape index (κ2) is 2.51. The van der Waals surface area contributed by atoms with E-state index in [0.29, 0.717) is 5.82 Å². The van der Waals surface area contributed by atoms with Crippen molar-refractivity contribution in [2.24, 2.45) is 0 Å². The fraction of sp³-hybridized carbons (Fsp3) is 0.333. The molecule has 0 radical (unpaired) electrons. The molecule has 0 aliphatic carbocycles. The Morgan fingerprint density at radius 1 is 1.70 bits per heavy atom. The second-order valence-electron chi connectivity index (χ2n) is 2.00. The third-order valence-corrected chi connectivity index (χ3v) is 1.14. The van der Waals surface area contributed by atoms with E-state index in [2.05, 4.69) is 15.3 Å². The Kier molecular flexibility index (Phi) is 1.71. The first kappa shape index (κ1) is 6.80. The van der Waals surface area contributed by atoms with Gasteiger partial charge in [0.05, 0.1) is 0 Å². The Bertz CT molecular complexity index is 279. The lowest BCUT2D eigenvalue weighted by Crippen LogP contribution is -2.12. The van der Waals surface area contributed by atoms with Gasteiger partial charge >= 0.3 is 5.69 Å². The summed E-state index contributed by atoms with van der Waals surface area (Å²) in [6.07, 6.45) is 0. The zero-order chi connectivity index (χ0) is 7.56. The molecule has 0 fully saturated rings. The molecular weight excluding hydrogens is 130 g/mol. The third-order valence-electron chi connectivity index (χ3n) is 1.14. The van der Waals surface area contributed by atoms with Crippen molar-refractivity contribution in [1.82, 2.24) is 9.97 Å². The fourth-order valence-electron chi connectivity index (χ4n) is 0.708. The number of aryl methyl sites for hydroxylation is 1. The quantitative estimate of drug-likeness (QED) is 0.581. The number of nitrogens with one attached hydrogen (secondary N) is 2. The van der Waals surface area contributed by atoms with Gasteiger partial charge in [-0.15, -0.1) is 0 Å². The largest absolute Gasteiger partial charge is 0.373 e. The van der Waals surface area contributed by atoms with Gasteiger partial charge in [-0.2, -0.15) is 4.98 Å². The van der Waals surface area contributed by atoms with E-state index in [-0.39, 0.29) is 5.69 Å². The van der Waals surface area contributed by atoms with Crippen molar-refractivity contribution in [2.75, 3.05) is 12.4 Å². The molecule has 1 heterocycles. The first-order valence-corrected chi connectivity index (χ1v) is 2.98. The topological polar surface area (TPSA) is 57.8 Å². The smallest absolute Gasteiger partial charge is 0.347 e. The number of aromatic nitrogens is 2. The molecular formula is C6H9N3O. The van der Waals surface area contributed by atoms with Crippen LogP contribution in [0, 0.1) is 6.92 Å². The fourth-order valence-corrected chi connectivity index (χ4v) is 0.708. The molecule has 4 heteroatoms. The minimum Gasteiger partial charge on any atom is -0.373 e. The van der Waals surface area contributed by atoms with Crippen LogP contribution in [0.4, 0.5) is 5.82 Å². The highest BCUT2D eigenvalue weighted by Gasteiger charge is 1.91. The molecule has 54 valence electrons. The number of anilines is 1. The first-order chi connectivity index (χ1) is 4.72. The molecule has 0 atom stereocenters. The van der Waals surface area contributed by atoms with Gasteiger partial charge in [0.1, 0.15) is 5.82 Å². The van der Waals surface area contributed by atoms with Crippen LogP contribution in [-0.2, 0) is 0 Å². The van der Waals surface area contributed by atoms with Gasteiger partial charge in [-0.1, -0.05) is 0 Å². The molecule has 2 N–H and O–H groups in total. The summed E-state index contributed by atoms with van der Waals surface area (Å²) in [5.74, 6) is 0.598. The zero-order valence-electron chi connectivity index (χ0n) is 5.93. The summed E-state index contributed by atoms with van der Waals surface area (Å²) in [6.45, 7) is 1.81. The molecule has 1 rings (SSSR count). The summed E-state index contributed by atoms with van der Waals surface area (Å²) < 4.78 is 0. The number of hydrogen-bond donors (Lipinski definition) is 2. The number of hydrogen-bond acceptors (Lipinski definition) is 3. The van der Waals surface area contributed by atoms with E-state index >= 15 is 0 Å². The number of rotatable bonds is 1. The van der Waals surface area contributed by atoms with Gasteiger partial charge in [-0.05, 0) is 13.0 Å². The number of H-pyrrole nitrogens is 1. The summed E-state index contributed by atoms with van der Waals surface area (Å²) in [7, 11) is 1.72. The predicted octanol–water partition coefficient (Wildman–Crippen LogP) is 0.120. The van der Waals surface area contributed by atoms with E-state index in [1.54, 1.807) is 13.1 Å². The molecule has 1 aromatic rings. The monoisotopic (exact) mass is 139 g/mol. The molecule has 0 saturated carbocycles. The van der Waals surface area contributed by atoms with Crippen molar-refractivity contribution in [1.29, 1.82) is 0 Å². The SMILES string of the molecule is CNc1cc(C)[nH]c(=O)n1. The molecule has 4 nitrogen and oxygen atoms in total. The summed E-state index contributed by atoms with van der Waals surface area (Å²) in [5.41, 5.74) is 0.494. The van der Waals surface area contributed by atoms with Gasteiger partial charge in [-0.25, -0.2) is 4.79 Å². The molecule has 0 aliphatic rings. The van der Waals surface area contributed by atoms with Gasteiger partial charge in [-0.3, -0.25) is 0 Å². The Labute approximate surface area is 58.3 Å². The van der Waals surface area contributed by atoms with Crippen molar-refractivity contribution in [2.45, 2.75) is 6.92 Å². The van der Waals surface area contributed by atoms with Gasteiger partial charge in [0.15, 0.2) is 0 Å². The molecule has 0 bridgehead atoms. The van der Waals surface area contributed by atoms with E-state index in [0.717, 1.165) is 5.69 Å². The van der Waals surface area contributed by atoms with Crippen molar-refractivity contribution in [3.05, 3.63) is 22.2 Å². The van der Waals surface area contributed by atoms with Crippen molar-refractivity contribution in [3.63, 3.8) is 0 Å². The van der Waals surface area contributed by atoms with Crippen molar-refractivity contribution < 1.29 is 0 Å². The maximum Gasteiger partial charge on any atom is 0.347 e. The highest BCUT2D eigenvalue weighted by Crippen LogP contribution is 1.96. The van der Waals surface area contributed by atoms with Gasteiger partial charge in [0.25, 0.3) is 0 Å². The van der Waals surface area contributed by atoms with E-state index in [9.17, 15) is 4.79 Å². The highest BCUT2D eigenvalue weighted by atomic mass is 16.1. The van der Waals surface area contributed by atoms with Gasteiger partial charge < -0.3 is 10.3 Å². The number of nitrogens with zero attached hydrogens (tertiary/aromatic N) is 1. The molecule has 0 spiro atoms. The minimum absolute atomic E-state index is 0.315. The summed E-state index contributed by atoms with van der Waals surface area (Å²) >= 11 is 0. The van der Waals surface area contributed by atoms with Crippen molar-refractivity contribution >= 4 is 5.82 Å². The Hall–Kier alpha value is -1.32. The van der Waals surface area contributed by atoms with Crippen LogP contribution < -0.4 is 11.0 Å². The van der Waals surface area contributed by atoms with E-state index < -0.39 is 0 Å². The van der Waals surface area contributed by atoms with Crippen LogP contribution in [0.1, 0.15) is 5.69 Å². The lowest BCUT2D eigenvalue weighted by Gasteiger charge is -1.96. The molecule has 0 aliphatic heterocycles. The maximum absolute atomic E-state index is 10.7. The average molecular weight is 139 g/mol. The van der Waals surface area contributed by atoms with Crippen LogP contribution in [0.25, 0.3) is 0 Å². The molecule has 0 saturated heterocycles. The molecule has 0 amide bonds. The molecule has 0 unspecified atom stereocenters. The van der Waals surface area contributed by atoms with Gasteiger partial charge in [0.2, 0.25) is 0 Å². The van der Waals surface area contributed by atoms with Crippen LogP contribution in [0.15, 0.2) is 10.9 Å². The van der Waals surface area contributed by atoms with E-state index in [1.807, 2.05) is 6.92 Å². The highest BCUT2D eigenvalue weighted by molar-refractivity contribution is 5.32. The van der Waals surface area contributed by atoms with Crippen LogP contribution in [0.2, 0.25) is 0 Å².